The molecule has 0 bridgehead atoms. The first-order valence-electron chi connectivity index (χ1n) is 10.5. The summed E-state index contributed by atoms with van der Waals surface area (Å²) < 4.78 is 0. The lowest BCUT2D eigenvalue weighted by atomic mass is 10.0. The van der Waals surface area contributed by atoms with Crippen LogP contribution in [0, 0.1) is 11.8 Å². The second-order valence-electron chi connectivity index (χ2n) is 8.47. The van der Waals surface area contributed by atoms with Crippen molar-refractivity contribution >= 4 is 28.2 Å². The Bertz CT molecular complexity index is 992. The molecule has 0 radical (unpaired) electrons. The average molecular weight is 391 g/mol. The SMILES string of the molecule is C=C(c1cc2c(Cl)ccc(CCc3ccccc3)c2[nH]1)N1CC2CCCC2C1. The summed E-state index contributed by atoms with van der Waals surface area (Å²) in [5.74, 6) is 1.73. The molecule has 2 nitrogen and oxygen atoms in total. The van der Waals surface area contributed by atoms with Gasteiger partial charge in [-0.25, -0.2) is 0 Å². The van der Waals surface area contributed by atoms with Crippen LogP contribution in [0.1, 0.15) is 36.1 Å². The van der Waals surface area contributed by atoms with Gasteiger partial charge in [0.15, 0.2) is 0 Å². The fraction of sp³-hybridized carbons (Fsp3) is 0.360. The van der Waals surface area contributed by atoms with Crippen LogP contribution in [-0.2, 0) is 12.8 Å². The van der Waals surface area contributed by atoms with E-state index in [9.17, 15) is 0 Å². The van der Waals surface area contributed by atoms with E-state index in [1.807, 2.05) is 6.07 Å². The van der Waals surface area contributed by atoms with E-state index < -0.39 is 0 Å². The molecule has 1 aliphatic carbocycles. The van der Waals surface area contributed by atoms with Gasteiger partial charge in [0, 0.05) is 23.5 Å². The molecule has 5 rings (SSSR count). The van der Waals surface area contributed by atoms with Gasteiger partial charge in [-0.2, -0.15) is 0 Å². The summed E-state index contributed by atoms with van der Waals surface area (Å²) in [6.07, 6.45) is 6.20. The van der Waals surface area contributed by atoms with Crippen molar-refractivity contribution < 1.29 is 0 Å². The summed E-state index contributed by atoms with van der Waals surface area (Å²) in [4.78, 5) is 6.14. The standard InChI is InChI=1S/C25H27ClN2/c1-17(28-15-20-8-5-9-21(20)16-28)24-14-22-23(26)13-12-19(25(22)27-24)11-10-18-6-3-2-4-7-18/h2-4,6-7,12-14,20-21,27H,1,5,8-11,15-16H2. The molecule has 1 aromatic heterocycles. The van der Waals surface area contributed by atoms with E-state index in [1.165, 1.54) is 35.9 Å². The molecule has 28 heavy (non-hydrogen) atoms. The van der Waals surface area contributed by atoms with Crippen molar-refractivity contribution in [3.63, 3.8) is 0 Å². The lowest BCUT2D eigenvalue weighted by molar-refractivity contribution is 0.442. The third kappa shape index (κ3) is 3.24. The third-order valence-corrected chi connectivity index (χ3v) is 7.10. The molecule has 2 unspecified atom stereocenters. The normalized spacial score (nSPS) is 21.4. The second kappa shape index (κ2) is 7.33. The summed E-state index contributed by atoms with van der Waals surface area (Å²) in [6, 6.07) is 17.1. The highest BCUT2D eigenvalue weighted by Crippen LogP contribution is 2.41. The number of nitrogens with zero attached hydrogens (tertiary/aromatic N) is 1. The van der Waals surface area contributed by atoms with Crippen LogP contribution in [0.2, 0.25) is 5.02 Å². The molecule has 1 saturated carbocycles. The highest BCUT2D eigenvalue weighted by atomic mass is 35.5. The molecule has 0 spiro atoms. The average Bonchev–Trinajstić information content (AvgIpc) is 3.42. The highest BCUT2D eigenvalue weighted by Gasteiger charge is 2.36. The van der Waals surface area contributed by atoms with Crippen LogP contribution in [0.3, 0.4) is 0 Å². The molecule has 3 heteroatoms. The summed E-state index contributed by atoms with van der Waals surface area (Å²) >= 11 is 6.54. The maximum Gasteiger partial charge on any atom is 0.0623 e. The van der Waals surface area contributed by atoms with Crippen molar-refractivity contribution in [1.82, 2.24) is 9.88 Å². The Morgan fingerprint density at radius 2 is 1.79 bits per heavy atom. The van der Waals surface area contributed by atoms with Gasteiger partial charge in [0.1, 0.15) is 0 Å². The minimum absolute atomic E-state index is 0.812. The predicted molar refractivity (Wildman–Crippen MR) is 119 cm³/mol. The Morgan fingerprint density at radius 1 is 1.04 bits per heavy atom. The van der Waals surface area contributed by atoms with Crippen LogP contribution in [0.15, 0.2) is 55.1 Å². The molecule has 1 saturated heterocycles. The summed E-state index contributed by atoms with van der Waals surface area (Å²) in [7, 11) is 0. The molecule has 3 aromatic rings. The van der Waals surface area contributed by atoms with Gasteiger partial charge in [-0.15, -0.1) is 0 Å². The van der Waals surface area contributed by atoms with E-state index in [-0.39, 0.29) is 0 Å². The second-order valence-corrected chi connectivity index (χ2v) is 8.87. The number of aromatic nitrogens is 1. The maximum atomic E-state index is 6.54. The molecule has 2 aromatic carbocycles. The van der Waals surface area contributed by atoms with Crippen LogP contribution in [-0.4, -0.2) is 23.0 Å². The van der Waals surface area contributed by atoms with Crippen molar-refractivity contribution in [1.29, 1.82) is 0 Å². The molecule has 1 N–H and O–H groups in total. The monoisotopic (exact) mass is 390 g/mol. The van der Waals surface area contributed by atoms with Crippen LogP contribution < -0.4 is 0 Å². The van der Waals surface area contributed by atoms with Gasteiger partial charge < -0.3 is 9.88 Å². The number of aromatic amines is 1. The van der Waals surface area contributed by atoms with Crippen molar-refractivity contribution in [3.05, 3.63) is 77.0 Å². The Kier molecular flexibility index (Phi) is 4.68. The quantitative estimate of drug-likeness (QED) is 0.540. The number of halogens is 1. The molecule has 144 valence electrons. The Morgan fingerprint density at radius 3 is 2.54 bits per heavy atom. The number of aryl methyl sites for hydroxylation is 2. The van der Waals surface area contributed by atoms with E-state index in [2.05, 4.69) is 58.9 Å². The summed E-state index contributed by atoms with van der Waals surface area (Å²) in [5, 5.41) is 1.93. The topological polar surface area (TPSA) is 19.0 Å². The molecule has 0 amide bonds. The van der Waals surface area contributed by atoms with Gasteiger partial charge >= 0.3 is 0 Å². The van der Waals surface area contributed by atoms with Crippen LogP contribution in [0.5, 0.6) is 0 Å². The first-order valence-corrected chi connectivity index (χ1v) is 10.8. The number of nitrogens with one attached hydrogen (secondary N) is 1. The van der Waals surface area contributed by atoms with E-state index in [4.69, 9.17) is 11.6 Å². The number of fused-ring (bicyclic) bond motifs is 2. The van der Waals surface area contributed by atoms with Gasteiger partial charge in [-0.3, -0.25) is 0 Å². The molecular formula is C25H27ClN2. The molecule has 2 fully saturated rings. The maximum absolute atomic E-state index is 6.54. The predicted octanol–water partition coefficient (Wildman–Crippen LogP) is 6.31. The van der Waals surface area contributed by atoms with Crippen LogP contribution in [0.25, 0.3) is 16.6 Å². The van der Waals surface area contributed by atoms with E-state index >= 15 is 0 Å². The van der Waals surface area contributed by atoms with Crippen molar-refractivity contribution in [2.45, 2.75) is 32.1 Å². The van der Waals surface area contributed by atoms with Gasteiger partial charge in [-0.1, -0.05) is 61.0 Å². The van der Waals surface area contributed by atoms with E-state index in [1.54, 1.807) is 0 Å². The van der Waals surface area contributed by atoms with E-state index in [0.717, 1.165) is 59.6 Å². The van der Waals surface area contributed by atoms with Gasteiger partial charge in [0.2, 0.25) is 0 Å². The lowest BCUT2D eigenvalue weighted by Gasteiger charge is -2.21. The molecule has 2 heterocycles. The third-order valence-electron chi connectivity index (χ3n) is 6.77. The number of rotatable bonds is 5. The Labute approximate surface area is 172 Å². The zero-order valence-corrected chi connectivity index (χ0v) is 17.0. The van der Waals surface area contributed by atoms with Crippen molar-refractivity contribution in [2.75, 3.05) is 13.1 Å². The van der Waals surface area contributed by atoms with Crippen LogP contribution in [0.4, 0.5) is 0 Å². The van der Waals surface area contributed by atoms with Crippen LogP contribution >= 0.6 is 11.6 Å². The fourth-order valence-corrected chi connectivity index (χ4v) is 5.37. The van der Waals surface area contributed by atoms with Crippen molar-refractivity contribution in [2.24, 2.45) is 11.8 Å². The van der Waals surface area contributed by atoms with Gasteiger partial charge in [0.25, 0.3) is 0 Å². The molecular weight excluding hydrogens is 364 g/mol. The molecule has 2 atom stereocenters. The summed E-state index contributed by atoms with van der Waals surface area (Å²) in [6.45, 7) is 6.75. The number of H-pyrrole nitrogens is 1. The zero-order valence-electron chi connectivity index (χ0n) is 16.3. The smallest absolute Gasteiger partial charge is 0.0623 e. The Balaban J connectivity index is 1.40. The number of hydrogen-bond acceptors (Lipinski definition) is 1. The minimum Gasteiger partial charge on any atom is -0.370 e. The van der Waals surface area contributed by atoms with Gasteiger partial charge in [-0.05, 0) is 60.8 Å². The largest absolute Gasteiger partial charge is 0.370 e. The fourth-order valence-electron chi connectivity index (χ4n) is 5.16. The number of hydrogen-bond donors (Lipinski definition) is 1. The lowest BCUT2D eigenvalue weighted by Crippen LogP contribution is -2.19. The Hall–Kier alpha value is -2.19. The molecule has 1 aliphatic heterocycles. The first kappa shape index (κ1) is 17.9. The number of benzene rings is 2. The van der Waals surface area contributed by atoms with Crippen molar-refractivity contribution in [3.8, 4) is 0 Å². The zero-order chi connectivity index (χ0) is 19.1. The van der Waals surface area contributed by atoms with E-state index in [0.29, 0.717) is 0 Å². The van der Waals surface area contributed by atoms with Gasteiger partial charge in [0.05, 0.1) is 16.9 Å². The summed E-state index contributed by atoms with van der Waals surface area (Å²) in [5.41, 5.74) is 6.09. The first-order chi connectivity index (χ1) is 13.7. The molecule has 2 aliphatic rings. The minimum atomic E-state index is 0.812. The highest BCUT2D eigenvalue weighted by molar-refractivity contribution is 6.35. The number of likely N-dealkylation sites (tertiary alicyclic amines) is 1.